The number of carbonyl (C=O) groups excluding carboxylic acids is 1. The van der Waals surface area contributed by atoms with Crippen LogP contribution in [0.15, 0.2) is 0 Å². The Morgan fingerprint density at radius 1 is 1.62 bits per heavy atom. The maximum Gasteiger partial charge on any atom is 0.355 e. The van der Waals surface area contributed by atoms with Gasteiger partial charge in [-0.25, -0.2) is 4.79 Å². The van der Waals surface area contributed by atoms with E-state index in [0.29, 0.717) is 0 Å². The highest BCUT2D eigenvalue weighted by Crippen LogP contribution is 2.22. The Morgan fingerprint density at radius 3 is 2.62 bits per heavy atom. The van der Waals surface area contributed by atoms with Gasteiger partial charge < -0.3 is 10.4 Å². The quantitative estimate of drug-likeness (QED) is 0.660. The normalized spacial score (nSPS) is 9.69. The number of hydrogen-bond acceptors (Lipinski definition) is 3. The highest BCUT2D eigenvalue weighted by Gasteiger charge is 2.16. The van der Waals surface area contributed by atoms with Crippen LogP contribution < -0.4 is 5.32 Å². The van der Waals surface area contributed by atoms with Gasteiger partial charge in [-0.1, -0.05) is 11.6 Å². The van der Waals surface area contributed by atoms with Crippen molar-refractivity contribution in [3.63, 3.8) is 0 Å². The summed E-state index contributed by atoms with van der Waals surface area (Å²) in [5, 5.41) is 16.4. The predicted molar refractivity (Wildman–Crippen MR) is 44.9 cm³/mol. The molecule has 70 valence electrons. The average Bonchev–Trinajstić information content (AvgIpc) is 2.32. The second kappa shape index (κ2) is 3.44. The number of carboxylic acids is 1. The van der Waals surface area contributed by atoms with Crippen molar-refractivity contribution in [2.45, 2.75) is 6.92 Å². The van der Waals surface area contributed by atoms with Gasteiger partial charge in [-0.05, 0) is 0 Å². The second-order valence-electron chi connectivity index (χ2n) is 2.25. The number of aromatic nitrogens is 2. The van der Waals surface area contributed by atoms with Crippen LogP contribution in [0.2, 0.25) is 5.02 Å². The molecule has 0 saturated heterocycles. The molecular formula is C6H6ClN3O3. The number of hydrogen-bond donors (Lipinski definition) is 3. The van der Waals surface area contributed by atoms with Crippen molar-refractivity contribution < 1.29 is 14.7 Å². The first kappa shape index (κ1) is 9.53. The molecule has 6 nitrogen and oxygen atoms in total. The minimum Gasteiger partial charge on any atom is -0.476 e. The van der Waals surface area contributed by atoms with Gasteiger partial charge in [0.15, 0.2) is 11.5 Å². The van der Waals surface area contributed by atoms with Crippen LogP contribution in [0.3, 0.4) is 0 Å². The Bertz CT molecular complexity index is 360. The van der Waals surface area contributed by atoms with Crippen molar-refractivity contribution in [1.29, 1.82) is 0 Å². The zero-order chi connectivity index (χ0) is 10.0. The fourth-order valence-electron chi connectivity index (χ4n) is 0.720. The molecule has 1 heterocycles. The first-order chi connectivity index (χ1) is 6.02. The van der Waals surface area contributed by atoms with E-state index < -0.39 is 5.97 Å². The Labute approximate surface area is 77.9 Å². The lowest BCUT2D eigenvalue weighted by atomic mass is 10.4. The van der Waals surface area contributed by atoms with E-state index in [1.54, 1.807) is 0 Å². The minimum atomic E-state index is -1.23. The van der Waals surface area contributed by atoms with Crippen molar-refractivity contribution in [2.24, 2.45) is 0 Å². The summed E-state index contributed by atoms with van der Waals surface area (Å²) < 4.78 is 0. The lowest BCUT2D eigenvalue weighted by Gasteiger charge is -1.95. The zero-order valence-electron chi connectivity index (χ0n) is 6.59. The van der Waals surface area contributed by atoms with Gasteiger partial charge in [0.1, 0.15) is 5.02 Å². The van der Waals surface area contributed by atoms with E-state index >= 15 is 0 Å². The fourth-order valence-corrected chi connectivity index (χ4v) is 0.932. The van der Waals surface area contributed by atoms with E-state index in [1.807, 2.05) is 0 Å². The molecule has 1 aromatic heterocycles. The Hall–Kier alpha value is -1.56. The third-order valence-corrected chi connectivity index (χ3v) is 1.58. The van der Waals surface area contributed by atoms with Crippen molar-refractivity contribution >= 4 is 29.3 Å². The summed E-state index contributed by atoms with van der Waals surface area (Å²) in [4.78, 5) is 21.0. The van der Waals surface area contributed by atoms with Gasteiger partial charge in [-0.2, -0.15) is 5.10 Å². The number of carboxylic acid groups (broad SMARTS) is 1. The third kappa shape index (κ3) is 1.97. The van der Waals surface area contributed by atoms with Gasteiger partial charge in [0.05, 0.1) is 0 Å². The van der Waals surface area contributed by atoms with E-state index in [9.17, 15) is 9.59 Å². The van der Waals surface area contributed by atoms with E-state index in [2.05, 4.69) is 15.5 Å². The van der Waals surface area contributed by atoms with Crippen LogP contribution >= 0.6 is 11.6 Å². The van der Waals surface area contributed by atoms with Gasteiger partial charge in [0, 0.05) is 6.92 Å². The van der Waals surface area contributed by atoms with Crippen molar-refractivity contribution in [1.82, 2.24) is 10.2 Å². The standard InChI is InChI=1S/C6H6ClN3O3/c1-2(11)8-5-3(7)4(6(12)13)9-10-5/h1H3,(H,12,13)(H2,8,9,10,11). The maximum absolute atomic E-state index is 10.6. The van der Waals surface area contributed by atoms with Gasteiger partial charge in [0.2, 0.25) is 5.91 Å². The Balaban J connectivity index is 2.99. The summed E-state index contributed by atoms with van der Waals surface area (Å²) in [6.07, 6.45) is 0. The molecule has 0 aliphatic rings. The van der Waals surface area contributed by atoms with Crippen LogP contribution in [0.4, 0.5) is 5.82 Å². The molecule has 1 rings (SSSR count). The highest BCUT2D eigenvalue weighted by atomic mass is 35.5. The van der Waals surface area contributed by atoms with Gasteiger partial charge >= 0.3 is 5.97 Å². The monoisotopic (exact) mass is 203 g/mol. The summed E-state index contributed by atoms with van der Waals surface area (Å²) in [5.41, 5.74) is -0.245. The highest BCUT2D eigenvalue weighted by molar-refractivity contribution is 6.36. The summed E-state index contributed by atoms with van der Waals surface area (Å²) in [7, 11) is 0. The largest absolute Gasteiger partial charge is 0.476 e. The molecule has 7 heteroatoms. The SMILES string of the molecule is CC(=O)Nc1n[nH]c(C(=O)O)c1Cl. The second-order valence-corrected chi connectivity index (χ2v) is 2.63. The number of nitrogens with zero attached hydrogens (tertiary/aromatic N) is 1. The van der Waals surface area contributed by atoms with Crippen LogP contribution in [-0.4, -0.2) is 27.2 Å². The van der Waals surface area contributed by atoms with Crippen LogP contribution in [0.1, 0.15) is 17.4 Å². The zero-order valence-corrected chi connectivity index (χ0v) is 7.34. The molecule has 0 bridgehead atoms. The van der Waals surface area contributed by atoms with Crippen LogP contribution in [0.5, 0.6) is 0 Å². The predicted octanol–water partition coefficient (Wildman–Crippen LogP) is 0.720. The van der Waals surface area contributed by atoms with Gasteiger partial charge in [0.25, 0.3) is 0 Å². The maximum atomic E-state index is 10.6. The third-order valence-electron chi connectivity index (χ3n) is 1.22. The molecule has 0 aliphatic carbocycles. The number of halogens is 1. The molecule has 3 N–H and O–H groups in total. The Morgan fingerprint density at radius 2 is 2.23 bits per heavy atom. The molecule has 0 radical (unpaired) electrons. The van der Waals surface area contributed by atoms with Crippen LogP contribution in [0, 0.1) is 0 Å². The molecule has 0 unspecified atom stereocenters. The smallest absolute Gasteiger partial charge is 0.355 e. The topological polar surface area (TPSA) is 95.1 Å². The number of anilines is 1. The van der Waals surface area contributed by atoms with E-state index in [-0.39, 0.29) is 22.4 Å². The van der Waals surface area contributed by atoms with Crippen molar-refractivity contribution in [3.8, 4) is 0 Å². The molecule has 0 saturated carbocycles. The summed E-state index contributed by atoms with van der Waals surface area (Å²) >= 11 is 5.57. The molecule has 0 aromatic carbocycles. The molecule has 13 heavy (non-hydrogen) atoms. The van der Waals surface area contributed by atoms with E-state index in [0.717, 1.165) is 0 Å². The molecule has 0 atom stereocenters. The van der Waals surface area contributed by atoms with E-state index in [1.165, 1.54) is 6.92 Å². The summed E-state index contributed by atoms with van der Waals surface area (Å²) in [6.45, 7) is 1.27. The fraction of sp³-hybridized carbons (Fsp3) is 0.167. The van der Waals surface area contributed by atoms with E-state index in [4.69, 9.17) is 16.7 Å². The molecule has 0 fully saturated rings. The van der Waals surface area contributed by atoms with Crippen molar-refractivity contribution in [2.75, 3.05) is 5.32 Å². The number of aromatic carboxylic acids is 1. The first-order valence-corrected chi connectivity index (χ1v) is 3.65. The van der Waals surface area contributed by atoms with Crippen LogP contribution in [0.25, 0.3) is 0 Å². The molecule has 0 aliphatic heterocycles. The summed E-state index contributed by atoms with van der Waals surface area (Å²) in [5.74, 6) is -1.58. The number of rotatable bonds is 2. The minimum absolute atomic E-state index is 0.0200. The Kier molecular flexibility index (Phi) is 2.52. The molecule has 0 spiro atoms. The number of nitrogens with one attached hydrogen (secondary N) is 2. The van der Waals surface area contributed by atoms with Crippen molar-refractivity contribution in [3.05, 3.63) is 10.7 Å². The van der Waals surface area contributed by atoms with Gasteiger partial charge in [-0.15, -0.1) is 0 Å². The number of amides is 1. The van der Waals surface area contributed by atoms with Crippen LogP contribution in [-0.2, 0) is 4.79 Å². The molecule has 1 aromatic rings. The van der Waals surface area contributed by atoms with Gasteiger partial charge in [-0.3, -0.25) is 9.89 Å². The molecular weight excluding hydrogens is 198 g/mol. The summed E-state index contributed by atoms with van der Waals surface area (Å²) in [6, 6.07) is 0. The number of H-pyrrole nitrogens is 1. The lowest BCUT2D eigenvalue weighted by molar-refractivity contribution is -0.114. The number of aromatic amines is 1. The number of carbonyl (C=O) groups is 2. The molecule has 1 amide bonds. The average molecular weight is 204 g/mol. The first-order valence-electron chi connectivity index (χ1n) is 3.27. The lowest BCUT2D eigenvalue weighted by Crippen LogP contribution is -2.06.